The molecular formula is C14H19BrN2O. The predicted molar refractivity (Wildman–Crippen MR) is 77.4 cm³/mol. The van der Waals surface area contributed by atoms with Crippen molar-refractivity contribution in [3.05, 3.63) is 28.2 Å². The molecule has 1 fully saturated rings. The lowest BCUT2D eigenvalue weighted by Crippen LogP contribution is -2.29. The second-order valence-electron chi connectivity index (χ2n) is 5.28. The second kappa shape index (κ2) is 5.31. The average molecular weight is 311 g/mol. The normalized spacial score (nSPS) is 19.6. The number of likely N-dealkylation sites (tertiary alicyclic amines) is 1. The van der Waals surface area contributed by atoms with Crippen molar-refractivity contribution in [2.45, 2.75) is 20.3 Å². The first kappa shape index (κ1) is 13.4. The first-order valence-electron chi connectivity index (χ1n) is 6.33. The summed E-state index contributed by atoms with van der Waals surface area (Å²) in [5.41, 5.74) is 7.11. The molecule has 3 nitrogen and oxygen atoms in total. The highest BCUT2D eigenvalue weighted by atomic mass is 79.9. The summed E-state index contributed by atoms with van der Waals surface area (Å²) in [5, 5.41) is 0. The van der Waals surface area contributed by atoms with Crippen molar-refractivity contribution in [2.24, 2.45) is 11.8 Å². The summed E-state index contributed by atoms with van der Waals surface area (Å²) >= 11 is 3.34. The van der Waals surface area contributed by atoms with Crippen molar-refractivity contribution in [1.82, 2.24) is 4.90 Å². The van der Waals surface area contributed by atoms with Gasteiger partial charge in [-0.05, 0) is 52.4 Å². The van der Waals surface area contributed by atoms with Crippen LogP contribution in [-0.4, -0.2) is 23.9 Å². The largest absolute Gasteiger partial charge is 0.398 e. The van der Waals surface area contributed by atoms with Gasteiger partial charge in [0.05, 0.1) is 0 Å². The van der Waals surface area contributed by atoms with Crippen LogP contribution in [0, 0.1) is 11.8 Å². The first-order chi connectivity index (χ1) is 8.49. The zero-order chi connectivity index (χ0) is 13.3. The maximum atomic E-state index is 12.3. The van der Waals surface area contributed by atoms with E-state index in [0.717, 1.165) is 24.0 Å². The number of nitrogens with zero attached hydrogens (tertiary/aromatic N) is 1. The van der Waals surface area contributed by atoms with Gasteiger partial charge in [0, 0.05) is 28.8 Å². The molecule has 98 valence electrons. The van der Waals surface area contributed by atoms with E-state index in [0.29, 0.717) is 23.1 Å². The van der Waals surface area contributed by atoms with Crippen molar-refractivity contribution in [3.63, 3.8) is 0 Å². The molecule has 2 N–H and O–H groups in total. The van der Waals surface area contributed by atoms with Crippen LogP contribution in [0.1, 0.15) is 30.6 Å². The molecule has 1 aromatic carbocycles. The molecule has 1 aromatic rings. The fourth-order valence-electron chi connectivity index (χ4n) is 2.38. The number of rotatable bonds is 2. The molecule has 0 spiro atoms. The van der Waals surface area contributed by atoms with E-state index >= 15 is 0 Å². The van der Waals surface area contributed by atoms with Gasteiger partial charge < -0.3 is 10.6 Å². The Morgan fingerprint density at radius 2 is 2.22 bits per heavy atom. The minimum Gasteiger partial charge on any atom is -0.398 e. The van der Waals surface area contributed by atoms with Crippen LogP contribution in [0.25, 0.3) is 0 Å². The van der Waals surface area contributed by atoms with Crippen molar-refractivity contribution in [3.8, 4) is 0 Å². The Bertz CT molecular complexity index is 459. The molecule has 0 radical (unpaired) electrons. The van der Waals surface area contributed by atoms with Crippen LogP contribution in [0.15, 0.2) is 22.7 Å². The Morgan fingerprint density at radius 1 is 1.50 bits per heavy atom. The first-order valence-corrected chi connectivity index (χ1v) is 7.12. The quantitative estimate of drug-likeness (QED) is 0.853. The molecule has 18 heavy (non-hydrogen) atoms. The van der Waals surface area contributed by atoms with E-state index in [4.69, 9.17) is 5.73 Å². The van der Waals surface area contributed by atoms with E-state index in [-0.39, 0.29) is 5.91 Å². The molecule has 1 unspecified atom stereocenters. The minimum atomic E-state index is 0.0948. The van der Waals surface area contributed by atoms with E-state index in [2.05, 4.69) is 29.8 Å². The number of benzene rings is 1. The second-order valence-corrected chi connectivity index (χ2v) is 6.13. The highest BCUT2D eigenvalue weighted by Crippen LogP contribution is 2.26. The SMILES string of the molecule is CC(C)C1CCN(C(=O)c2ccc(Br)c(N)c2)C1. The Kier molecular flexibility index (Phi) is 3.95. The maximum absolute atomic E-state index is 12.3. The maximum Gasteiger partial charge on any atom is 0.253 e. The van der Waals surface area contributed by atoms with Gasteiger partial charge in [0.15, 0.2) is 0 Å². The van der Waals surface area contributed by atoms with Crippen LogP contribution < -0.4 is 5.73 Å². The Morgan fingerprint density at radius 3 is 2.78 bits per heavy atom. The van der Waals surface area contributed by atoms with E-state index in [9.17, 15) is 4.79 Å². The molecular weight excluding hydrogens is 292 g/mol. The molecule has 4 heteroatoms. The molecule has 1 aliphatic heterocycles. The predicted octanol–water partition coefficient (Wildman–Crippen LogP) is 3.15. The number of amides is 1. The zero-order valence-corrected chi connectivity index (χ0v) is 12.4. The highest BCUT2D eigenvalue weighted by Gasteiger charge is 2.28. The monoisotopic (exact) mass is 310 g/mol. The van der Waals surface area contributed by atoms with Gasteiger partial charge in [-0.15, -0.1) is 0 Å². The number of hydrogen-bond donors (Lipinski definition) is 1. The van der Waals surface area contributed by atoms with E-state index in [1.807, 2.05) is 17.0 Å². The Balaban J connectivity index is 2.10. The topological polar surface area (TPSA) is 46.3 Å². The average Bonchev–Trinajstić information content (AvgIpc) is 2.81. The third-order valence-corrected chi connectivity index (χ3v) is 4.42. The van der Waals surface area contributed by atoms with Crippen LogP contribution >= 0.6 is 15.9 Å². The van der Waals surface area contributed by atoms with Gasteiger partial charge in [-0.25, -0.2) is 0 Å². The van der Waals surface area contributed by atoms with Gasteiger partial charge in [0.2, 0.25) is 0 Å². The van der Waals surface area contributed by atoms with Crippen LogP contribution in [0.4, 0.5) is 5.69 Å². The Hall–Kier alpha value is -1.03. The number of anilines is 1. The number of carbonyl (C=O) groups excluding carboxylic acids is 1. The summed E-state index contributed by atoms with van der Waals surface area (Å²) in [4.78, 5) is 14.3. The van der Waals surface area contributed by atoms with Crippen molar-refractivity contribution < 1.29 is 4.79 Å². The minimum absolute atomic E-state index is 0.0948. The summed E-state index contributed by atoms with van der Waals surface area (Å²) in [6.45, 7) is 6.16. The summed E-state index contributed by atoms with van der Waals surface area (Å²) in [6, 6.07) is 5.40. The van der Waals surface area contributed by atoms with Gasteiger partial charge in [-0.3, -0.25) is 4.79 Å². The molecule has 0 aromatic heterocycles. The number of carbonyl (C=O) groups is 1. The number of nitrogen functional groups attached to an aromatic ring is 1. The van der Waals surface area contributed by atoms with Crippen molar-refractivity contribution in [1.29, 1.82) is 0 Å². The van der Waals surface area contributed by atoms with Crippen LogP contribution in [-0.2, 0) is 0 Å². The third kappa shape index (κ3) is 2.69. The van der Waals surface area contributed by atoms with Crippen LogP contribution in [0.2, 0.25) is 0 Å². The van der Waals surface area contributed by atoms with Gasteiger partial charge in [0.25, 0.3) is 5.91 Å². The Labute approximate surface area is 116 Å². The van der Waals surface area contributed by atoms with Crippen molar-refractivity contribution in [2.75, 3.05) is 18.8 Å². The van der Waals surface area contributed by atoms with E-state index in [1.54, 1.807) is 6.07 Å². The molecule has 1 atom stereocenters. The van der Waals surface area contributed by atoms with E-state index in [1.165, 1.54) is 0 Å². The molecule has 1 amide bonds. The molecule has 0 aliphatic carbocycles. The van der Waals surface area contributed by atoms with Crippen molar-refractivity contribution >= 4 is 27.5 Å². The lowest BCUT2D eigenvalue weighted by atomic mass is 9.95. The third-order valence-electron chi connectivity index (χ3n) is 3.70. The summed E-state index contributed by atoms with van der Waals surface area (Å²) in [6.07, 6.45) is 1.11. The molecule has 0 saturated carbocycles. The molecule has 1 heterocycles. The van der Waals surface area contributed by atoms with Crippen LogP contribution in [0.5, 0.6) is 0 Å². The molecule has 0 bridgehead atoms. The summed E-state index contributed by atoms with van der Waals surface area (Å²) < 4.78 is 0.834. The highest BCUT2D eigenvalue weighted by molar-refractivity contribution is 9.10. The summed E-state index contributed by atoms with van der Waals surface area (Å²) in [5.74, 6) is 1.36. The fraction of sp³-hybridized carbons (Fsp3) is 0.500. The van der Waals surface area contributed by atoms with E-state index < -0.39 is 0 Å². The fourth-order valence-corrected chi connectivity index (χ4v) is 2.62. The number of hydrogen-bond acceptors (Lipinski definition) is 2. The number of nitrogens with two attached hydrogens (primary N) is 1. The van der Waals surface area contributed by atoms with Crippen LogP contribution in [0.3, 0.4) is 0 Å². The lowest BCUT2D eigenvalue weighted by Gasteiger charge is -2.18. The smallest absolute Gasteiger partial charge is 0.253 e. The molecule has 1 saturated heterocycles. The van der Waals surface area contributed by atoms with Gasteiger partial charge >= 0.3 is 0 Å². The standard InChI is InChI=1S/C14H19BrN2O/c1-9(2)11-5-6-17(8-11)14(18)10-3-4-12(15)13(16)7-10/h3-4,7,9,11H,5-6,8,16H2,1-2H3. The van der Waals surface area contributed by atoms with Gasteiger partial charge in [-0.2, -0.15) is 0 Å². The molecule has 2 rings (SSSR count). The number of halogens is 1. The zero-order valence-electron chi connectivity index (χ0n) is 10.8. The lowest BCUT2D eigenvalue weighted by molar-refractivity contribution is 0.0784. The summed E-state index contributed by atoms with van der Waals surface area (Å²) in [7, 11) is 0. The van der Waals surface area contributed by atoms with Gasteiger partial charge in [-0.1, -0.05) is 13.8 Å². The molecule has 1 aliphatic rings. The van der Waals surface area contributed by atoms with Gasteiger partial charge in [0.1, 0.15) is 0 Å².